The Balaban J connectivity index is 1.57. The molecule has 1 aliphatic heterocycles. The van der Waals surface area contributed by atoms with Gasteiger partial charge in [-0.15, -0.1) is 0 Å². The molecule has 1 saturated heterocycles. The van der Waals surface area contributed by atoms with Crippen LogP contribution in [0, 0.1) is 0 Å². The quantitative estimate of drug-likeness (QED) is 0.541. The number of hydrogen-bond acceptors (Lipinski definition) is 8. The van der Waals surface area contributed by atoms with E-state index in [-0.39, 0.29) is 0 Å². The van der Waals surface area contributed by atoms with E-state index in [9.17, 15) is 0 Å². The van der Waals surface area contributed by atoms with Gasteiger partial charge in [-0.1, -0.05) is 12.1 Å². The van der Waals surface area contributed by atoms with Gasteiger partial charge in [0.05, 0.1) is 18.5 Å². The molecule has 0 saturated carbocycles. The van der Waals surface area contributed by atoms with E-state index in [2.05, 4.69) is 55.1 Å². The molecule has 0 spiro atoms. The second-order valence-electron chi connectivity index (χ2n) is 7.39. The Bertz CT molecular complexity index is 1020. The SMILES string of the molecule is CNSc1cc(Nc2cc(-c3ccccc3OC)ncn2)ccc1N1CCN(C)CC1. The molecule has 1 aliphatic rings. The molecule has 0 bridgehead atoms. The van der Waals surface area contributed by atoms with Crippen molar-refractivity contribution >= 4 is 29.1 Å². The predicted octanol–water partition coefficient (Wildman–Crippen LogP) is 3.87. The van der Waals surface area contributed by atoms with E-state index in [1.54, 1.807) is 25.4 Å². The molecule has 0 atom stereocenters. The number of rotatable bonds is 7. The molecule has 0 aliphatic carbocycles. The summed E-state index contributed by atoms with van der Waals surface area (Å²) in [7, 11) is 5.79. The van der Waals surface area contributed by atoms with Crippen LogP contribution < -0.4 is 19.7 Å². The number of aromatic nitrogens is 2. The van der Waals surface area contributed by atoms with Crippen molar-refractivity contribution in [2.24, 2.45) is 0 Å². The van der Waals surface area contributed by atoms with E-state index >= 15 is 0 Å². The van der Waals surface area contributed by atoms with Crippen LogP contribution in [0.25, 0.3) is 11.3 Å². The first-order valence-electron chi connectivity index (χ1n) is 10.3. The summed E-state index contributed by atoms with van der Waals surface area (Å²) in [4.78, 5) is 14.9. The third-order valence-corrected chi connectivity index (χ3v) is 6.09. The van der Waals surface area contributed by atoms with E-state index in [4.69, 9.17) is 4.74 Å². The van der Waals surface area contributed by atoms with Crippen molar-refractivity contribution in [3.8, 4) is 17.0 Å². The lowest BCUT2D eigenvalue weighted by Crippen LogP contribution is -2.44. The first-order chi connectivity index (χ1) is 15.2. The molecule has 7 nitrogen and oxygen atoms in total. The van der Waals surface area contributed by atoms with E-state index in [0.29, 0.717) is 0 Å². The van der Waals surface area contributed by atoms with Gasteiger partial charge in [-0.2, -0.15) is 0 Å². The molecule has 4 rings (SSSR count). The van der Waals surface area contributed by atoms with Crippen LogP contribution in [0.1, 0.15) is 0 Å². The number of piperazine rings is 1. The molecule has 3 aromatic rings. The number of para-hydroxylation sites is 1. The van der Waals surface area contributed by atoms with Crippen LogP contribution in [0.5, 0.6) is 5.75 Å². The Hall–Kier alpha value is -2.81. The summed E-state index contributed by atoms with van der Waals surface area (Å²) in [5, 5.41) is 3.43. The number of nitrogens with one attached hydrogen (secondary N) is 2. The topological polar surface area (TPSA) is 65.5 Å². The second-order valence-corrected chi connectivity index (χ2v) is 8.44. The van der Waals surface area contributed by atoms with Gasteiger partial charge < -0.3 is 19.9 Å². The van der Waals surface area contributed by atoms with Gasteiger partial charge in [0.2, 0.25) is 0 Å². The number of hydrogen-bond donors (Lipinski definition) is 2. The Morgan fingerprint density at radius 1 is 1.00 bits per heavy atom. The van der Waals surface area contributed by atoms with Crippen LogP contribution in [0.2, 0.25) is 0 Å². The predicted molar refractivity (Wildman–Crippen MR) is 128 cm³/mol. The first-order valence-corrected chi connectivity index (χ1v) is 11.1. The minimum atomic E-state index is 0.740. The fourth-order valence-corrected chi connectivity index (χ4v) is 4.38. The molecule has 162 valence electrons. The smallest absolute Gasteiger partial charge is 0.134 e. The molecule has 2 N–H and O–H groups in total. The number of ether oxygens (including phenoxy) is 1. The summed E-state index contributed by atoms with van der Waals surface area (Å²) in [6.07, 6.45) is 1.58. The summed E-state index contributed by atoms with van der Waals surface area (Å²) in [5.41, 5.74) is 4.00. The molecule has 8 heteroatoms. The van der Waals surface area contributed by atoms with Crippen LogP contribution in [0.15, 0.2) is 59.8 Å². The fourth-order valence-electron chi connectivity index (χ4n) is 3.67. The lowest BCUT2D eigenvalue weighted by atomic mass is 10.1. The summed E-state index contributed by atoms with van der Waals surface area (Å²) in [5.74, 6) is 1.53. The minimum Gasteiger partial charge on any atom is -0.496 e. The van der Waals surface area contributed by atoms with Crippen molar-refractivity contribution in [3.63, 3.8) is 0 Å². The molecule has 2 aromatic carbocycles. The standard InChI is InChI=1S/C23H28N6OS/c1-24-31-22-14-17(8-9-20(22)29-12-10-28(2)11-13-29)27-23-15-19(25-16-26-23)18-6-4-5-7-21(18)30-3/h4-9,14-16,24H,10-13H2,1-3H3,(H,25,26,27). The zero-order chi connectivity index (χ0) is 21.6. The van der Waals surface area contributed by atoms with Gasteiger partial charge in [-0.25, -0.2) is 9.97 Å². The highest BCUT2D eigenvalue weighted by Gasteiger charge is 2.18. The van der Waals surface area contributed by atoms with Crippen LogP contribution in [-0.2, 0) is 0 Å². The van der Waals surface area contributed by atoms with E-state index in [1.165, 1.54) is 10.6 Å². The maximum Gasteiger partial charge on any atom is 0.134 e. The molecular formula is C23H28N6OS. The van der Waals surface area contributed by atoms with Gasteiger partial charge in [0, 0.05) is 48.4 Å². The number of nitrogens with zero attached hydrogens (tertiary/aromatic N) is 4. The lowest BCUT2D eigenvalue weighted by molar-refractivity contribution is 0.312. The van der Waals surface area contributed by atoms with Crippen LogP contribution >= 0.6 is 11.9 Å². The van der Waals surface area contributed by atoms with Gasteiger partial charge in [0.1, 0.15) is 17.9 Å². The molecule has 0 amide bonds. The largest absolute Gasteiger partial charge is 0.496 e. The van der Waals surface area contributed by atoms with E-state index in [0.717, 1.165) is 54.7 Å². The average Bonchev–Trinajstić information content (AvgIpc) is 2.80. The molecular weight excluding hydrogens is 408 g/mol. The Kier molecular flexibility index (Phi) is 6.91. The molecule has 2 heterocycles. The monoisotopic (exact) mass is 436 g/mol. The van der Waals surface area contributed by atoms with E-state index < -0.39 is 0 Å². The van der Waals surface area contributed by atoms with Crippen molar-refractivity contribution in [3.05, 3.63) is 54.9 Å². The molecule has 31 heavy (non-hydrogen) atoms. The highest BCUT2D eigenvalue weighted by Crippen LogP contribution is 2.33. The normalized spacial score (nSPS) is 14.5. The third-order valence-electron chi connectivity index (χ3n) is 5.34. The van der Waals surface area contributed by atoms with Crippen LogP contribution in [0.3, 0.4) is 0 Å². The van der Waals surface area contributed by atoms with Gasteiger partial charge in [0.15, 0.2) is 0 Å². The van der Waals surface area contributed by atoms with Gasteiger partial charge in [-0.3, -0.25) is 4.72 Å². The molecule has 1 aromatic heterocycles. The Morgan fingerprint density at radius 2 is 1.81 bits per heavy atom. The molecule has 0 radical (unpaired) electrons. The summed E-state index contributed by atoms with van der Waals surface area (Å²) in [6.45, 7) is 4.23. The Morgan fingerprint density at radius 3 is 2.58 bits per heavy atom. The van der Waals surface area contributed by atoms with E-state index in [1.807, 2.05) is 37.4 Å². The number of anilines is 3. The second kappa shape index (κ2) is 10.00. The summed E-state index contributed by atoms with van der Waals surface area (Å²) < 4.78 is 8.70. The third kappa shape index (κ3) is 5.10. The van der Waals surface area contributed by atoms with Crippen molar-refractivity contribution in [2.45, 2.75) is 4.90 Å². The van der Waals surface area contributed by atoms with Gasteiger partial charge in [-0.05, 0) is 56.4 Å². The fraction of sp³-hybridized carbons (Fsp3) is 0.304. The molecule has 0 unspecified atom stereocenters. The highest BCUT2D eigenvalue weighted by molar-refractivity contribution is 7.97. The lowest BCUT2D eigenvalue weighted by Gasteiger charge is -2.35. The zero-order valence-corrected chi connectivity index (χ0v) is 18.9. The maximum absolute atomic E-state index is 5.48. The average molecular weight is 437 g/mol. The number of likely N-dealkylation sites (N-methyl/N-ethyl adjacent to an activating group) is 1. The number of methoxy groups -OCH3 is 1. The number of benzene rings is 2. The maximum atomic E-state index is 5.48. The van der Waals surface area contributed by atoms with Crippen molar-refractivity contribution < 1.29 is 4.74 Å². The van der Waals surface area contributed by atoms with Crippen molar-refractivity contribution in [1.82, 2.24) is 19.6 Å². The van der Waals surface area contributed by atoms with Crippen LogP contribution in [-0.4, -0.2) is 62.3 Å². The van der Waals surface area contributed by atoms with Gasteiger partial charge in [0.25, 0.3) is 0 Å². The van der Waals surface area contributed by atoms with Gasteiger partial charge >= 0.3 is 0 Å². The van der Waals surface area contributed by atoms with Crippen LogP contribution in [0.4, 0.5) is 17.2 Å². The highest BCUT2D eigenvalue weighted by atomic mass is 32.2. The first kappa shape index (κ1) is 21.4. The zero-order valence-electron chi connectivity index (χ0n) is 18.1. The van der Waals surface area contributed by atoms with Crippen molar-refractivity contribution in [2.75, 3.05) is 57.6 Å². The minimum absolute atomic E-state index is 0.740. The molecule has 1 fully saturated rings. The van der Waals surface area contributed by atoms with Crippen molar-refractivity contribution in [1.29, 1.82) is 0 Å². The summed E-state index contributed by atoms with van der Waals surface area (Å²) >= 11 is 1.63. The Labute approximate surface area is 188 Å². The summed E-state index contributed by atoms with van der Waals surface area (Å²) in [6, 6.07) is 16.3.